The second-order valence-corrected chi connectivity index (χ2v) is 3.82. The molecule has 2 nitrogen and oxygen atoms in total. The number of carboxylic acid groups (broad SMARTS) is 1. The largest absolute Gasteiger partial charge is 0.478 e. The summed E-state index contributed by atoms with van der Waals surface area (Å²) in [5.41, 5.74) is 1.54. The molecule has 0 radical (unpaired) electrons. The van der Waals surface area contributed by atoms with Crippen LogP contribution in [0.25, 0.3) is 0 Å². The Kier molecular flexibility index (Phi) is 4.35. The highest BCUT2D eigenvalue weighted by Crippen LogP contribution is 2.25. The lowest BCUT2D eigenvalue weighted by Crippen LogP contribution is -2.01. The first kappa shape index (κ1) is 11.8. The molecule has 0 aliphatic carbocycles. The maximum atomic E-state index is 10.8. The van der Waals surface area contributed by atoms with E-state index in [4.69, 9.17) is 5.11 Å². The Balaban J connectivity index is 2.92. The summed E-state index contributed by atoms with van der Waals surface area (Å²) in [5, 5.41) is 8.89. The fraction of sp³-hybridized carbons (Fsp3) is 0.462. The summed E-state index contributed by atoms with van der Waals surface area (Å²) >= 11 is 0. The van der Waals surface area contributed by atoms with Gasteiger partial charge in [0.15, 0.2) is 0 Å². The normalized spacial score (nSPS) is 12.4. The highest BCUT2D eigenvalue weighted by atomic mass is 16.4. The minimum Gasteiger partial charge on any atom is -0.478 e. The molecule has 0 heterocycles. The molecule has 0 aliphatic heterocycles. The SMILES string of the molecule is CCCC(CC)c1cccc(C(=O)O)c1. The Bertz CT molecular complexity index is 331. The van der Waals surface area contributed by atoms with Crippen LogP contribution >= 0.6 is 0 Å². The van der Waals surface area contributed by atoms with Gasteiger partial charge >= 0.3 is 5.97 Å². The summed E-state index contributed by atoms with van der Waals surface area (Å²) in [7, 11) is 0. The third-order valence-electron chi connectivity index (χ3n) is 2.73. The number of aromatic carboxylic acids is 1. The number of carbonyl (C=O) groups is 1. The highest BCUT2D eigenvalue weighted by Gasteiger charge is 2.10. The number of hydrogen-bond acceptors (Lipinski definition) is 1. The number of hydrogen-bond donors (Lipinski definition) is 1. The lowest BCUT2D eigenvalue weighted by molar-refractivity contribution is 0.0696. The zero-order valence-corrected chi connectivity index (χ0v) is 9.36. The van der Waals surface area contributed by atoms with Crippen LogP contribution in [0.2, 0.25) is 0 Å². The predicted molar refractivity (Wildman–Crippen MR) is 61.3 cm³/mol. The molecule has 1 aromatic carbocycles. The number of carboxylic acids is 1. The average Bonchev–Trinajstić information content (AvgIpc) is 2.26. The van der Waals surface area contributed by atoms with Crippen LogP contribution in [0.4, 0.5) is 0 Å². The molecule has 1 N–H and O–H groups in total. The smallest absolute Gasteiger partial charge is 0.335 e. The third-order valence-corrected chi connectivity index (χ3v) is 2.73. The van der Waals surface area contributed by atoms with Crippen LogP contribution in [0.1, 0.15) is 54.9 Å². The standard InChI is InChI=1S/C13H18O2/c1-3-6-10(4-2)11-7-5-8-12(9-11)13(14)15/h5,7-10H,3-4,6H2,1-2H3,(H,14,15). The molecular weight excluding hydrogens is 188 g/mol. The first-order valence-electron chi connectivity index (χ1n) is 5.52. The van der Waals surface area contributed by atoms with Gasteiger partial charge in [-0.2, -0.15) is 0 Å². The average molecular weight is 206 g/mol. The lowest BCUT2D eigenvalue weighted by Gasteiger charge is -2.14. The van der Waals surface area contributed by atoms with Crippen LogP contribution in [0.3, 0.4) is 0 Å². The van der Waals surface area contributed by atoms with Gasteiger partial charge in [0.05, 0.1) is 5.56 Å². The van der Waals surface area contributed by atoms with Crippen LogP contribution in [0, 0.1) is 0 Å². The van der Waals surface area contributed by atoms with Gasteiger partial charge < -0.3 is 5.11 Å². The molecule has 0 spiro atoms. The molecule has 0 saturated carbocycles. The van der Waals surface area contributed by atoms with Crippen LogP contribution in [0.5, 0.6) is 0 Å². The second-order valence-electron chi connectivity index (χ2n) is 3.82. The lowest BCUT2D eigenvalue weighted by atomic mass is 9.91. The van der Waals surface area contributed by atoms with E-state index >= 15 is 0 Å². The van der Waals surface area contributed by atoms with Crippen molar-refractivity contribution in [3.05, 3.63) is 35.4 Å². The van der Waals surface area contributed by atoms with Crippen molar-refractivity contribution in [2.24, 2.45) is 0 Å². The van der Waals surface area contributed by atoms with Crippen molar-refractivity contribution in [1.82, 2.24) is 0 Å². The molecule has 1 rings (SSSR count). The highest BCUT2D eigenvalue weighted by molar-refractivity contribution is 5.87. The van der Waals surface area contributed by atoms with E-state index in [2.05, 4.69) is 13.8 Å². The molecule has 0 amide bonds. The predicted octanol–water partition coefficient (Wildman–Crippen LogP) is 3.68. The summed E-state index contributed by atoms with van der Waals surface area (Å²) in [6, 6.07) is 7.30. The van der Waals surface area contributed by atoms with Gasteiger partial charge in [-0.1, -0.05) is 32.4 Å². The van der Waals surface area contributed by atoms with Gasteiger partial charge in [0, 0.05) is 0 Å². The molecule has 2 heteroatoms. The summed E-state index contributed by atoms with van der Waals surface area (Å²) in [6.07, 6.45) is 3.33. The van der Waals surface area contributed by atoms with Crippen molar-refractivity contribution in [2.75, 3.05) is 0 Å². The molecule has 0 bridgehead atoms. The van der Waals surface area contributed by atoms with E-state index < -0.39 is 5.97 Å². The molecule has 0 aliphatic rings. The Labute approximate surface area is 90.9 Å². The quantitative estimate of drug-likeness (QED) is 0.798. The summed E-state index contributed by atoms with van der Waals surface area (Å²) < 4.78 is 0. The second kappa shape index (κ2) is 5.54. The maximum Gasteiger partial charge on any atom is 0.335 e. The van der Waals surface area contributed by atoms with Gasteiger partial charge in [0.1, 0.15) is 0 Å². The van der Waals surface area contributed by atoms with E-state index in [0.29, 0.717) is 11.5 Å². The fourth-order valence-electron chi connectivity index (χ4n) is 1.88. The number of benzene rings is 1. The molecular formula is C13H18O2. The molecule has 0 aromatic heterocycles. The summed E-state index contributed by atoms with van der Waals surface area (Å²) in [5.74, 6) is -0.350. The fourth-order valence-corrected chi connectivity index (χ4v) is 1.88. The van der Waals surface area contributed by atoms with Crippen molar-refractivity contribution >= 4 is 5.97 Å². The monoisotopic (exact) mass is 206 g/mol. The van der Waals surface area contributed by atoms with Crippen molar-refractivity contribution in [3.8, 4) is 0 Å². The van der Waals surface area contributed by atoms with E-state index in [1.807, 2.05) is 12.1 Å². The van der Waals surface area contributed by atoms with Gasteiger partial charge in [0.2, 0.25) is 0 Å². The zero-order chi connectivity index (χ0) is 11.3. The maximum absolute atomic E-state index is 10.8. The molecule has 15 heavy (non-hydrogen) atoms. The zero-order valence-electron chi connectivity index (χ0n) is 9.36. The van der Waals surface area contributed by atoms with Gasteiger partial charge in [-0.05, 0) is 36.5 Å². The van der Waals surface area contributed by atoms with Crippen molar-refractivity contribution in [1.29, 1.82) is 0 Å². The molecule has 1 atom stereocenters. The van der Waals surface area contributed by atoms with E-state index in [1.165, 1.54) is 0 Å². The molecule has 1 unspecified atom stereocenters. The molecule has 82 valence electrons. The molecule has 0 fully saturated rings. The Hall–Kier alpha value is -1.31. The van der Waals surface area contributed by atoms with E-state index in [-0.39, 0.29) is 0 Å². The summed E-state index contributed by atoms with van der Waals surface area (Å²) in [6.45, 7) is 4.30. The van der Waals surface area contributed by atoms with E-state index in [1.54, 1.807) is 12.1 Å². The van der Waals surface area contributed by atoms with Crippen LogP contribution in [-0.2, 0) is 0 Å². The Morgan fingerprint density at radius 2 is 2.13 bits per heavy atom. The number of rotatable bonds is 5. The van der Waals surface area contributed by atoms with E-state index in [0.717, 1.165) is 24.8 Å². The van der Waals surface area contributed by atoms with Crippen LogP contribution in [0.15, 0.2) is 24.3 Å². The molecule has 0 saturated heterocycles. The van der Waals surface area contributed by atoms with Crippen LogP contribution in [-0.4, -0.2) is 11.1 Å². The van der Waals surface area contributed by atoms with Gasteiger partial charge in [-0.3, -0.25) is 0 Å². The van der Waals surface area contributed by atoms with Gasteiger partial charge in [-0.25, -0.2) is 4.79 Å². The van der Waals surface area contributed by atoms with Crippen molar-refractivity contribution in [2.45, 2.75) is 39.0 Å². The Morgan fingerprint density at radius 3 is 2.67 bits per heavy atom. The van der Waals surface area contributed by atoms with Crippen LogP contribution < -0.4 is 0 Å². The van der Waals surface area contributed by atoms with Gasteiger partial charge in [0.25, 0.3) is 0 Å². The first-order chi connectivity index (χ1) is 7.19. The minimum absolute atomic E-state index is 0.391. The van der Waals surface area contributed by atoms with Crippen molar-refractivity contribution < 1.29 is 9.90 Å². The minimum atomic E-state index is -0.844. The third kappa shape index (κ3) is 3.08. The van der Waals surface area contributed by atoms with Gasteiger partial charge in [-0.15, -0.1) is 0 Å². The summed E-state index contributed by atoms with van der Waals surface area (Å²) in [4.78, 5) is 10.8. The Morgan fingerprint density at radius 1 is 1.40 bits per heavy atom. The first-order valence-corrected chi connectivity index (χ1v) is 5.52. The molecule has 1 aromatic rings. The van der Waals surface area contributed by atoms with Crippen molar-refractivity contribution in [3.63, 3.8) is 0 Å². The topological polar surface area (TPSA) is 37.3 Å². The van der Waals surface area contributed by atoms with E-state index in [9.17, 15) is 4.79 Å².